The van der Waals surface area contributed by atoms with E-state index in [0.29, 0.717) is 29.8 Å². The van der Waals surface area contributed by atoms with Crippen LogP contribution in [0.3, 0.4) is 0 Å². The lowest BCUT2D eigenvalue weighted by Gasteiger charge is -2.14. The summed E-state index contributed by atoms with van der Waals surface area (Å²) in [6, 6.07) is 5.96. The van der Waals surface area contributed by atoms with Crippen LogP contribution in [-0.2, 0) is 0 Å². The number of hydrogen-bond donors (Lipinski definition) is 2. The molecule has 5 nitrogen and oxygen atoms in total. The van der Waals surface area contributed by atoms with Gasteiger partial charge in [-0.3, -0.25) is 4.79 Å². The number of rotatable bonds is 6. The van der Waals surface area contributed by atoms with Gasteiger partial charge in [-0.15, -0.1) is 0 Å². The highest BCUT2D eigenvalue weighted by Gasteiger charge is 2.12. The van der Waals surface area contributed by atoms with Gasteiger partial charge in [-0.1, -0.05) is 31.5 Å². The zero-order chi connectivity index (χ0) is 18.6. The lowest BCUT2D eigenvalue weighted by molar-refractivity contribution is 0.0946. The molecule has 0 unspecified atom stereocenters. The highest BCUT2D eigenvalue weighted by atomic mass is 16.1. The Balaban J connectivity index is 2.20. The molecule has 25 heavy (non-hydrogen) atoms. The van der Waals surface area contributed by atoms with E-state index in [9.17, 15) is 4.79 Å². The Morgan fingerprint density at radius 1 is 1.04 bits per heavy atom. The summed E-state index contributed by atoms with van der Waals surface area (Å²) in [7, 11) is 0. The zero-order valence-corrected chi connectivity index (χ0v) is 16.0. The maximum Gasteiger partial charge on any atom is 0.270 e. The Kier molecular flexibility index (Phi) is 6.12. The fraction of sp³-hybridized carbons (Fsp3) is 0.450. The van der Waals surface area contributed by atoms with E-state index in [1.807, 2.05) is 0 Å². The van der Waals surface area contributed by atoms with Crippen molar-refractivity contribution in [3.8, 4) is 0 Å². The summed E-state index contributed by atoms with van der Waals surface area (Å²) in [5.41, 5.74) is 4.94. The highest BCUT2D eigenvalue weighted by molar-refractivity contribution is 5.93. The van der Waals surface area contributed by atoms with Crippen LogP contribution in [0.25, 0.3) is 0 Å². The third kappa shape index (κ3) is 5.28. The molecule has 2 N–H and O–H groups in total. The van der Waals surface area contributed by atoms with Crippen LogP contribution in [0.2, 0.25) is 0 Å². The number of hydrogen-bond acceptors (Lipinski definition) is 4. The summed E-state index contributed by atoms with van der Waals surface area (Å²) in [6.07, 6.45) is 0.947. The topological polar surface area (TPSA) is 66.9 Å². The van der Waals surface area contributed by atoms with Gasteiger partial charge in [0.15, 0.2) is 0 Å². The van der Waals surface area contributed by atoms with Gasteiger partial charge in [0.2, 0.25) is 0 Å². The number of carbonyl (C=O) groups excluding carboxylic acids is 1. The Labute approximate surface area is 150 Å². The quantitative estimate of drug-likeness (QED) is 0.826. The first-order valence-electron chi connectivity index (χ1n) is 8.75. The third-order valence-electron chi connectivity index (χ3n) is 4.01. The van der Waals surface area contributed by atoms with Gasteiger partial charge in [0, 0.05) is 18.3 Å². The maximum atomic E-state index is 12.3. The molecule has 0 aliphatic carbocycles. The molecule has 1 aromatic heterocycles. The Hall–Kier alpha value is -2.43. The van der Waals surface area contributed by atoms with Crippen molar-refractivity contribution in [3.05, 3.63) is 46.4 Å². The van der Waals surface area contributed by atoms with Gasteiger partial charge in [0.05, 0.1) is 0 Å². The number of aromatic nitrogens is 2. The molecular formula is C20H28N4O. The number of aryl methyl sites for hydroxylation is 4. The lowest BCUT2D eigenvalue weighted by atomic mass is 10.1. The Morgan fingerprint density at radius 3 is 2.28 bits per heavy atom. The molecule has 2 rings (SSSR count). The minimum atomic E-state index is -0.161. The molecule has 0 spiro atoms. The van der Waals surface area contributed by atoms with Crippen molar-refractivity contribution in [3.63, 3.8) is 0 Å². The molecule has 0 radical (unpaired) electrons. The van der Waals surface area contributed by atoms with E-state index >= 15 is 0 Å². The van der Waals surface area contributed by atoms with E-state index < -0.39 is 0 Å². The molecule has 1 aromatic carbocycles. The zero-order valence-electron chi connectivity index (χ0n) is 16.0. The van der Waals surface area contributed by atoms with Gasteiger partial charge >= 0.3 is 0 Å². The predicted octanol–water partition coefficient (Wildman–Crippen LogP) is 4.23. The molecule has 1 amide bonds. The molecule has 5 heteroatoms. The summed E-state index contributed by atoms with van der Waals surface area (Å²) in [5, 5.41) is 6.27. The molecule has 2 aromatic rings. The van der Waals surface area contributed by atoms with Crippen LogP contribution in [0.1, 0.15) is 53.3 Å². The molecule has 0 saturated heterocycles. The average Bonchev–Trinajstić information content (AvgIpc) is 2.49. The standard InChI is InChI=1S/C20H28N4O/c1-12(2)7-8-21-20(25)17-11-18(23-16(6)22-17)24-19-14(4)9-13(3)10-15(19)5/h9-12H,7-8H2,1-6H3,(H,21,25)(H,22,23,24). The first-order chi connectivity index (χ1) is 11.8. The van der Waals surface area contributed by atoms with Crippen LogP contribution in [0.5, 0.6) is 0 Å². The van der Waals surface area contributed by atoms with Gasteiger partial charge in [0.25, 0.3) is 5.91 Å². The van der Waals surface area contributed by atoms with Crippen molar-refractivity contribution in [2.45, 2.75) is 48.0 Å². The fourth-order valence-electron chi connectivity index (χ4n) is 2.82. The number of nitrogens with zero attached hydrogens (tertiary/aromatic N) is 2. The summed E-state index contributed by atoms with van der Waals surface area (Å²) >= 11 is 0. The number of benzene rings is 1. The minimum absolute atomic E-state index is 0.161. The van der Waals surface area contributed by atoms with Gasteiger partial charge in [-0.05, 0) is 51.2 Å². The van der Waals surface area contributed by atoms with Crippen molar-refractivity contribution in [1.82, 2.24) is 15.3 Å². The Bertz CT molecular complexity index is 745. The number of carbonyl (C=O) groups is 1. The van der Waals surface area contributed by atoms with Crippen LogP contribution in [-0.4, -0.2) is 22.4 Å². The molecule has 1 heterocycles. The summed E-state index contributed by atoms with van der Waals surface area (Å²) in [6.45, 7) is 12.9. The van der Waals surface area contributed by atoms with Crippen LogP contribution >= 0.6 is 0 Å². The summed E-state index contributed by atoms with van der Waals surface area (Å²) in [5.74, 6) is 1.60. The largest absolute Gasteiger partial charge is 0.351 e. The van der Waals surface area contributed by atoms with Gasteiger partial charge in [-0.25, -0.2) is 9.97 Å². The van der Waals surface area contributed by atoms with Crippen molar-refractivity contribution in [2.75, 3.05) is 11.9 Å². The second-order valence-corrected chi connectivity index (χ2v) is 7.02. The Morgan fingerprint density at radius 2 is 1.68 bits per heavy atom. The smallest absolute Gasteiger partial charge is 0.270 e. The molecule has 134 valence electrons. The summed E-state index contributed by atoms with van der Waals surface area (Å²) in [4.78, 5) is 21.0. The number of amides is 1. The molecule has 0 bridgehead atoms. The molecule has 0 fully saturated rings. The highest BCUT2D eigenvalue weighted by Crippen LogP contribution is 2.25. The van der Waals surface area contributed by atoms with E-state index in [2.05, 4.69) is 67.4 Å². The SMILES string of the molecule is Cc1cc(C)c(Nc2cc(C(=O)NCCC(C)C)nc(C)n2)c(C)c1. The van der Waals surface area contributed by atoms with Crippen molar-refractivity contribution >= 4 is 17.4 Å². The van der Waals surface area contributed by atoms with Gasteiger partial charge in [0.1, 0.15) is 17.3 Å². The van der Waals surface area contributed by atoms with E-state index in [1.165, 1.54) is 5.56 Å². The second-order valence-electron chi connectivity index (χ2n) is 7.02. The van der Waals surface area contributed by atoms with Crippen LogP contribution < -0.4 is 10.6 Å². The normalized spacial score (nSPS) is 10.8. The van der Waals surface area contributed by atoms with Crippen molar-refractivity contribution < 1.29 is 4.79 Å². The second kappa shape index (κ2) is 8.10. The first kappa shape index (κ1) is 18.9. The molecule has 0 aliphatic heterocycles. The molecule has 0 aliphatic rings. The lowest BCUT2D eigenvalue weighted by Crippen LogP contribution is -2.26. The van der Waals surface area contributed by atoms with E-state index in [1.54, 1.807) is 13.0 Å². The molecule has 0 saturated carbocycles. The van der Waals surface area contributed by atoms with E-state index in [0.717, 1.165) is 23.2 Å². The molecular weight excluding hydrogens is 312 g/mol. The van der Waals surface area contributed by atoms with Gasteiger partial charge < -0.3 is 10.6 Å². The molecule has 0 atom stereocenters. The van der Waals surface area contributed by atoms with Crippen LogP contribution in [0.4, 0.5) is 11.5 Å². The van der Waals surface area contributed by atoms with Crippen LogP contribution in [0, 0.1) is 33.6 Å². The minimum Gasteiger partial charge on any atom is -0.351 e. The van der Waals surface area contributed by atoms with Gasteiger partial charge in [-0.2, -0.15) is 0 Å². The third-order valence-corrected chi connectivity index (χ3v) is 4.01. The summed E-state index contributed by atoms with van der Waals surface area (Å²) < 4.78 is 0. The average molecular weight is 340 g/mol. The predicted molar refractivity (Wildman–Crippen MR) is 102 cm³/mol. The maximum absolute atomic E-state index is 12.3. The van der Waals surface area contributed by atoms with E-state index in [4.69, 9.17) is 0 Å². The van der Waals surface area contributed by atoms with Crippen molar-refractivity contribution in [2.24, 2.45) is 5.92 Å². The monoisotopic (exact) mass is 340 g/mol. The van der Waals surface area contributed by atoms with E-state index in [-0.39, 0.29) is 5.91 Å². The number of anilines is 2. The first-order valence-corrected chi connectivity index (χ1v) is 8.75. The number of nitrogens with one attached hydrogen (secondary N) is 2. The van der Waals surface area contributed by atoms with Crippen molar-refractivity contribution in [1.29, 1.82) is 0 Å². The van der Waals surface area contributed by atoms with Crippen LogP contribution in [0.15, 0.2) is 18.2 Å². The fourth-order valence-corrected chi connectivity index (χ4v) is 2.82.